The second-order valence-corrected chi connectivity index (χ2v) is 7.25. The number of benzene rings is 1. The van der Waals surface area contributed by atoms with Gasteiger partial charge in [0.15, 0.2) is 0 Å². The Morgan fingerprint density at radius 3 is 2.71 bits per heavy atom. The highest BCUT2D eigenvalue weighted by molar-refractivity contribution is 7.84. The average Bonchev–Trinajstić information content (AvgIpc) is 3.38. The normalized spacial score (nSPS) is 19.7. The van der Waals surface area contributed by atoms with Crippen molar-refractivity contribution in [2.75, 3.05) is 0 Å². The fourth-order valence-electron chi connectivity index (χ4n) is 2.60. The lowest BCUT2D eigenvalue weighted by molar-refractivity contribution is 0.622. The summed E-state index contributed by atoms with van der Waals surface area (Å²) in [6.07, 6.45) is 4.66. The summed E-state index contributed by atoms with van der Waals surface area (Å²) >= 11 is 0. The summed E-state index contributed by atoms with van der Waals surface area (Å²) in [5, 5.41) is 8.56. The van der Waals surface area contributed by atoms with E-state index in [1.807, 2.05) is 0 Å². The second kappa shape index (κ2) is 5.02. The van der Waals surface area contributed by atoms with Crippen molar-refractivity contribution in [1.82, 2.24) is 14.8 Å². The third-order valence-electron chi connectivity index (χ3n) is 3.97. The van der Waals surface area contributed by atoms with Gasteiger partial charge in [0, 0.05) is 16.9 Å². The molecule has 4 rings (SSSR count). The molecule has 0 spiro atoms. The Morgan fingerprint density at radius 2 is 2.05 bits per heavy atom. The zero-order valence-electron chi connectivity index (χ0n) is 11.5. The number of nitrogens with zero attached hydrogens (tertiary/aromatic N) is 3. The van der Waals surface area contributed by atoms with Crippen LogP contribution in [-0.4, -0.2) is 19.0 Å². The first-order valence-corrected chi connectivity index (χ1v) is 8.62. The Morgan fingerprint density at radius 1 is 1.24 bits per heavy atom. The molecule has 2 saturated carbocycles. The van der Waals surface area contributed by atoms with Gasteiger partial charge >= 0.3 is 0 Å². The van der Waals surface area contributed by atoms with E-state index in [0.29, 0.717) is 22.6 Å². The zero-order valence-corrected chi connectivity index (χ0v) is 12.4. The number of aromatic nitrogens is 3. The van der Waals surface area contributed by atoms with Crippen molar-refractivity contribution in [3.63, 3.8) is 0 Å². The fraction of sp³-hybridized carbons (Fsp3) is 0.467. The molecule has 1 atom stereocenters. The lowest BCUT2D eigenvalue weighted by atomic mass is 10.3. The SMILES string of the molecule is O=S(Cc1nnc(C2CC2)n1C1CC1)c1cccc(F)c1. The first-order valence-electron chi connectivity index (χ1n) is 7.30. The van der Waals surface area contributed by atoms with Crippen LogP contribution in [0.3, 0.4) is 0 Å². The molecule has 4 nitrogen and oxygen atoms in total. The molecule has 1 aromatic carbocycles. The Labute approximate surface area is 124 Å². The van der Waals surface area contributed by atoms with Crippen LogP contribution in [0.1, 0.15) is 49.3 Å². The lowest BCUT2D eigenvalue weighted by Crippen LogP contribution is -2.08. The summed E-state index contributed by atoms with van der Waals surface area (Å²) in [7, 11) is -1.29. The standard InChI is InChI=1S/C15H16FN3OS/c16-11-2-1-3-13(8-11)21(20)9-14-17-18-15(10-4-5-10)19(14)12-6-7-12/h1-3,8,10,12H,4-7,9H2. The van der Waals surface area contributed by atoms with Gasteiger partial charge in [0.1, 0.15) is 17.5 Å². The van der Waals surface area contributed by atoms with Crippen molar-refractivity contribution < 1.29 is 8.60 Å². The van der Waals surface area contributed by atoms with Gasteiger partial charge in [-0.25, -0.2) is 4.39 Å². The maximum absolute atomic E-state index is 13.2. The molecule has 6 heteroatoms. The molecule has 1 aromatic heterocycles. The predicted octanol–water partition coefficient (Wildman–Crippen LogP) is 2.94. The number of hydrogen-bond donors (Lipinski definition) is 0. The van der Waals surface area contributed by atoms with Crippen molar-refractivity contribution in [2.24, 2.45) is 0 Å². The third-order valence-corrected chi connectivity index (χ3v) is 5.27. The van der Waals surface area contributed by atoms with E-state index in [4.69, 9.17) is 0 Å². The molecular formula is C15H16FN3OS. The van der Waals surface area contributed by atoms with Gasteiger partial charge in [0.25, 0.3) is 0 Å². The van der Waals surface area contributed by atoms with E-state index in [9.17, 15) is 8.60 Å². The first-order chi connectivity index (χ1) is 10.2. The van der Waals surface area contributed by atoms with Crippen LogP contribution in [0.4, 0.5) is 4.39 Å². The van der Waals surface area contributed by atoms with Crippen molar-refractivity contribution >= 4 is 10.8 Å². The van der Waals surface area contributed by atoms with Gasteiger partial charge in [-0.05, 0) is 43.9 Å². The van der Waals surface area contributed by atoms with E-state index < -0.39 is 10.8 Å². The molecule has 110 valence electrons. The zero-order chi connectivity index (χ0) is 14.4. The summed E-state index contributed by atoms with van der Waals surface area (Å²) in [4.78, 5) is 0.508. The van der Waals surface area contributed by atoms with E-state index >= 15 is 0 Å². The van der Waals surface area contributed by atoms with Gasteiger partial charge in [-0.1, -0.05) is 6.07 Å². The molecule has 2 fully saturated rings. The summed E-state index contributed by atoms with van der Waals surface area (Å²) in [5.41, 5.74) is 0. The Kier molecular flexibility index (Phi) is 3.14. The van der Waals surface area contributed by atoms with E-state index in [1.54, 1.807) is 12.1 Å². The quantitative estimate of drug-likeness (QED) is 0.853. The molecule has 21 heavy (non-hydrogen) atoms. The molecule has 0 bridgehead atoms. The van der Waals surface area contributed by atoms with Gasteiger partial charge in [0.05, 0.1) is 16.6 Å². The fourth-order valence-corrected chi connectivity index (χ4v) is 3.67. The average molecular weight is 305 g/mol. The largest absolute Gasteiger partial charge is 0.311 e. The first kappa shape index (κ1) is 13.1. The Bertz CT molecular complexity index is 707. The minimum Gasteiger partial charge on any atom is -0.311 e. The van der Waals surface area contributed by atoms with E-state index in [1.165, 1.54) is 25.0 Å². The molecule has 0 N–H and O–H groups in total. The highest BCUT2D eigenvalue weighted by Crippen LogP contribution is 2.44. The molecule has 0 radical (unpaired) electrons. The highest BCUT2D eigenvalue weighted by Gasteiger charge is 2.36. The van der Waals surface area contributed by atoms with Crippen molar-refractivity contribution in [3.05, 3.63) is 41.7 Å². The number of hydrogen-bond acceptors (Lipinski definition) is 3. The minimum atomic E-state index is -1.29. The molecule has 1 unspecified atom stereocenters. The Hall–Kier alpha value is -1.56. The smallest absolute Gasteiger partial charge is 0.146 e. The molecular weight excluding hydrogens is 289 g/mol. The monoisotopic (exact) mass is 305 g/mol. The predicted molar refractivity (Wildman–Crippen MR) is 76.8 cm³/mol. The van der Waals surface area contributed by atoms with E-state index in [2.05, 4.69) is 14.8 Å². The van der Waals surface area contributed by atoms with E-state index in [-0.39, 0.29) is 5.82 Å². The summed E-state index contributed by atoms with van der Waals surface area (Å²) < 4.78 is 27.8. The topological polar surface area (TPSA) is 47.8 Å². The van der Waals surface area contributed by atoms with Gasteiger partial charge in [0.2, 0.25) is 0 Å². The van der Waals surface area contributed by atoms with Crippen LogP contribution in [0.25, 0.3) is 0 Å². The highest BCUT2D eigenvalue weighted by atomic mass is 32.2. The summed E-state index contributed by atoms with van der Waals surface area (Å²) in [5.74, 6) is 2.32. The summed E-state index contributed by atoms with van der Waals surface area (Å²) in [6.45, 7) is 0. The molecule has 2 aliphatic carbocycles. The van der Waals surface area contributed by atoms with E-state index in [0.717, 1.165) is 24.5 Å². The summed E-state index contributed by atoms with van der Waals surface area (Å²) in [6, 6.07) is 6.45. The van der Waals surface area contributed by atoms with Gasteiger partial charge in [-0.3, -0.25) is 4.21 Å². The molecule has 0 saturated heterocycles. The van der Waals surface area contributed by atoms with Crippen LogP contribution in [0.5, 0.6) is 0 Å². The molecule has 2 aliphatic rings. The number of rotatable bonds is 5. The van der Waals surface area contributed by atoms with Crippen molar-refractivity contribution in [1.29, 1.82) is 0 Å². The van der Waals surface area contributed by atoms with Crippen LogP contribution in [-0.2, 0) is 16.6 Å². The van der Waals surface area contributed by atoms with Crippen LogP contribution in [0.2, 0.25) is 0 Å². The molecule has 0 amide bonds. The maximum Gasteiger partial charge on any atom is 0.146 e. The lowest BCUT2D eigenvalue weighted by Gasteiger charge is -2.08. The van der Waals surface area contributed by atoms with Crippen LogP contribution in [0.15, 0.2) is 29.2 Å². The number of halogens is 1. The van der Waals surface area contributed by atoms with Crippen LogP contribution >= 0.6 is 0 Å². The second-order valence-electron chi connectivity index (χ2n) is 5.80. The Balaban J connectivity index is 1.60. The van der Waals surface area contributed by atoms with Crippen LogP contribution < -0.4 is 0 Å². The molecule has 0 aliphatic heterocycles. The minimum absolute atomic E-state index is 0.305. The maximum atomic E-state index is 13.2. The van der Waals surface area contributed by atoms with Crippen LogP contribution in [0, 0.1) is 5.82 Å². The van der Waals surface area contributed by atoms with Gasteiger partial charge < -0.3 is 4.57 Å². The van der Waals surface area contributed by atoms with Crippen molar-refractivity contribution in [2.45, 2.75) is 48.3 Å². The molecule has 2 aromatic rings. The molecule has 1 heterocycles. The third kappa shape index (κ3) is 2.64. The van der Waals surface area contributed by atoms with Gasteiger partial charge in [-0.2, -0.15) is 0 Å². The van der Waals surface area contributed by atoms with Crippen molar-refractivity contribution in [3.8, 4) is 0 Å². The van der Waals surface area contributed by atoms with Gasteiger partial charge in [-0.15, -0.1) is 10.2 Å².